The van der Waals surface area contributed by atoms with Gasteiger partial charge in [0.25, 0.3) is 0 Å². The molecule has 0 saturated carbocycles. The van der Waals surface area contributed by atoms with E-state index in [-0.39, 0.29) is 5.78 Å². The summed E-state index contributed by atoms with van der Waals surface area (Å²) in [5, 5.41) is 2.96. The molecule has 94 valence electrons. The van der Waals surface area contributed by atoms with Crippen LogP contribution in [-0.4, -0.2) is 35.3 Å². The maximum absolute atomic E-state index is 11.1. The molecule has 0 unspecified atom stereocenters. The zero-order valence-corrected chi connectivity index (χ0v) is 11.4. The molecule has 0 aromatic carbocycles. The number of hydrogen-bond donors (Lipinski definition) is 0. The molecule has 0 N–H and O–H groups in total. The molecule has 0 bridgehead atoms. The van der Waals surface area contributed by atoms with E-state index >= 15 is 0 Å². The van der Waals surface area contributed by atoms with E-state index in [2.05, 4.69) is 16.8 Å². The number of hydrogen-bond acceptors (Lipinski definition) is 4. The smallest absolute Gasteiger partial charge is 0.178 e. The minimum atomic E-state index is 0.0688. The van der Waals surface area contributed by atoms with Crippen LogP contribution in [0.1, 0.15) is 42.2 Å². The van der Waals surface area contributed by atoms with Crippen LogP contribution >= 0.6 is 11.3 Å². The normalized spacial score (nSPS) is 18.5. The van der Waals surface area contributed by atoms with Crippen molar-refractivity contribution in [2.75, 3.05) is 19.6 Å². The molecule has 17 heavy (non-hydrogen) atoms. The van der Waals surface area contributed by atoms with E-state index in [0.717, 1.165) is 23.9 Å². The maximum Gasteiger partial charge on any atom is 0.178 e. The van der Waals surface area contributed by atoms with Gasteiger partial charge in [-0.3, -0.25) is 4.79 Å². The lowest BCUT2D eigenvalue weighted by molar-refractivity contribution is 0.101. The Morgan fingerprint density at radius 3 is 2.82 bits per heavy atom. The molecule has 0 amide bonds. The Kier molecular flexibility index (Phi) is 4.29. The Morgan fingerprint density at radius 2 is 2.24 bits per heavy atom. The lowest BCUT2D eigenvalue weighted by Gasteiger charge is -2.29. The minimum absolute atomic E-state index is 0.0688. The van der Waals surface area contributed by atoms with Gasteiger partial charge in [-0.05, 0) is 31.8 Å². The van der Waals surface area contributed by atoms with Crippen molar-refractivity contribution in [3.63, 3.8) is 0 Å². The summed E-state index contributed by atoms with van der Waals surface area (Å²) in [6.45, 7) is 7.41. The fourth-order valence-corrected chi connectivity index (χ4v) is 2.95. The van der Waals surface area contributed by atoms with Crippen LogP contribution in [-0.2, 0) is 6.42 Å². The second-order valence-corrected chi connectivity index (χ2v) is 5.90. The van der Waals surface area contributed by atoms with Crippen molar-refractivity contribution >= 4 is 17.1 Å². The van der Waals surface area contributed by atoms with Crippen LogP contribution in [0.5, 0.6) is 0 Å². The number of thiazole rings is 1. The largest absolute Gasteiger partial charge is 0.303 e. The minimum Gasteiger partial charge on any atom is -0.303 e. The van der Waals surface area contributed by atoms with Crippen LogP contribution < -0.4 is 0 Å². The predicted octanol–water partition coefficient (Wildman–Crippen LogP) is 2.62. The summed E-state index contributed by atoms with van der Waals surface area (Å²) in [4.78, 5) is 18.0. The average molecular weight is 252 g/mol. The number of rotatable bonds is 4. The summed E-state index contributed by atoms with van der Waals surface area (Å²) in [5.41, 5.74) is 0.622. The summed E-state index contributed by atoms with van der Waals surface area (Å²) in [6, 6.07) is 0. The molecule has 0 atom stereocenters. The lowest BCUT2D eigenvalue weighted by atomic mass is 9.99. The monoisotopic (exact) mass is 252 g/mol. The van der Waals surface area contributed by atoms with Gasteiger partial charge in [0.1, 0.15) is 5.69 Å². The van der Waals surface area contributed by atoms with Crippen molar-refractivity contribution in [2.45, 2.75) is 33.1 Å². The Bertz CT molecular complexity index is 381. The highest BCUT2D eigenvalue weighted by atomic mass is 32.1. The van der Waals surface area contributed by atoms with E-state index in [9.17, 15) is 4.79 Å². The average Bonchev–Trinajstić information content (AvgIpc) is 2.77. The molecule has 1 aromatic heterocycles. The molecule has 1 aliphatic heterocycles. The SMILES string of the molecule is CC(=O)c1csc(CCN2CCC(C)CC2)n1. The van der Waals surface area contributed by atoms with E-state index in [0.29, 0.717) is 5.69 Å². The van der Waals surface area contributed by atoms with Gasteiger partial charge in [-0.25, -0.2) is 4.98 Å². The van der Waals surface area contributed by atoms with Gasteiger partial charge in [-0.15, -0.1) is 11.3 Å². The molecule has 0 aliphatic carbocycles. The summed E-state index contributed by atoms with van der Waals surface area (Å²) >= 11 is 1.61. The van der Waals surface area contributed by atoms with Gasteiger partial charge in [0.2, 0.25) is 0 Å². The molecular weight excluding hydrogens is 232 g/mol. The molecule has 0 radical (unpaired) electrons. The zero-order chi connectivity index (χ0) is 12.3. The number of nitrogens with zero attached hydrogens (tertiary/aromatic N) is 2. The Labute approximate surface area is 107 Å². The van der Waals surface area contributed by atoms with Gasteiger partial charge in [-0.1, -0.05) is 6.92 Å². The standard InChI is InChI=1S/C13H20N2OS/c1-10-3-6-15(7-4-10)8-5-13-14-12(9-17-13)11(2)16/h9-10H,3-8H2,1-2H3. The van der Waals surface area contributed by atoms with Crippen molar-refractivity contribution in [3.8, 4) is 0 Å². The third kappa shape index (κ3) is 3.61. The van der Waals surface area contributed by atoms with Crippen LogP contribution in [0.3, 0.4) is 0 Å². The molecule has 3 nitrogen and oxygen atoms in total. The first-order chi connectivity index (χ1) is 8.15. The summed E-state index contributed by atoms with van der Waals surface area (Å²) < 4.78 is 0. The highest BCUT2D eigenvalue weighted by molar-refractivity contribution is 7.09. The van der Waals surface area contributed by atoms with Crippen molar-refractivity contribution in [2.24, 2.45) is 5.92 Å². The first-order valence-electron chi connectivity index (χ1n) is 6.33. The van der Waals surface area contributed by atoms with Crippen LogP contribution in [0.15, 0.2) is 5.38 Å². The Hall–Kier alpha value is -0.740. The number of likely N-dealkylation sites (tertiary alicyclic amines) is 1. The Morgan fingerprint density at radius 1 is 1.53 bits per heavy atom. The van der Waals surface area contributed by atoms with E-state index in [1.807, 2.05) is 5.38 Å². The third-order valence-corrected chi connectivity index (χ3v) is 4.34. The maximum atomic E-state index is 11.1. The van der Waals surface area contributed by atoms with E-state index in [1.54, 1.807) is 18.3 Å². The molecule has 0 spiro atoms. The molecular formula is C13H20N2OS. The highest BCUT2D eigenvalue weighted by Crippen LogP contribution is 2.17. The fraction of sp³-hybridized carbons (Fsp3) is 0.692. The molecule has 1 aromatic rings. The molecule has 4 heteroatoms. The second-order valence-electron chi connectivity index (χ2n) is 4.96. The molecule has 1 fully saturated rings. The van der Waals surface area contributed by atoms with Gasteiger partial charge in [0.05, 0.1) is 5.01 Å². The number of Topliss-reactive ketones (excluding diaryl/α,β-unsaturated/α-hetero) is 1. The first-order valence-corrected chi connectivity index (χ1v) is 7.21. The van der Waals surface area contributed by atoms with Crippen LogP contribution in [0.25, 0.3) is 0 Å². The first kappa shape index (κ1) is 12.7. The van der Waals surface area contributed by atoms with Crippen molar-refractivity contribution in [3.05, 3.63) is 16.1 Å². The number of ketones is 1. The lowest BCUT2D eigenvalue weighted by Crippen LogP contribution is -2.34. The topological polar surface area (TPSA) is 33.2 Å². The highest BCUT2D eigenvalue weighted by Gasteiger charge is 2.15. The molecule has 2 heterocycles. The van der Waals surface area contributed by atoms with Crippen molar-refractivity contribution in [1.82, 2.24) is 9.88 Å². The van der Waals surface area contributed by atoms with Crippen molar-refractivity contribution < 1.29 is 4.79 Å². The summed E-state index contributed by atoms with van der Waals surface area (Å²) in [7, 11) is 0. The van der Waals surface area contributed by atoms with E-state index in [1.165, 1.54) is 25.9 Å². The van der Waals surface area contributed by atoms with E-state index < -0.39 is 0 Å². The van der Waals surface area contributed by atoms with Gasteiger partial charge in [-0.2, -0.15) is 0 Å². The van der Waals surface area contributed by atoms with Gasteiger partial charge in [0.15, 0.2) is 5.78 Å². The number of carbonyl (C=O) groups is 1. The van der Waals surface area contributed by atoms with Gasteiger partial charge in [0, 0.05) is 25.3 Å². The van der Waals surface area contributed by atoms with Gasteiger partial charge < -0.3 is 4.90 Å². The van der Waals surface area contributed by atoms with Gasteiger partial charge >= 0.3 is 0 Å². The molecule has 1 saturated heterocycles. The molecule has 1 aliphatic rings. The Balaban J connectivity index is 1.79. The number of carbonyl (C=O) groups excluding carboxylic acids is 1. The second kappa shape index (κ2) is 5.74. The third-order valence-electron chi connectivity index (χ3n) is 3.43. The fourth-order valence-electron chi connectivity index (χ4n) is 2.13. The van der Waals surface area contributed by atoms with E-state index in [4.69, 9.17) is 0 Å². The quantitative estimate of drug-likeness (QED) is 0.772. The summed E-state index contributed by atoms with van der Waals surface area (Å²) in [5.74, 6) is 0.953. The molecule has 2 rings (SSSR count). The van der Waals surface area contributed by atoms with Crippen LogP contribution in [0.4, 0.5) is 0 Å². The van der Waals surface area contributed by atoms with Crippen LogP contribution in [0.2, 0.25) is 0 Å². The van der Waals surface area contributed by atoms with Crippen molar-refractivity contribution in [1.29, 1.82) is 0 Å². The number of piperidine rings is 1. The summed E-state index contributed by atoms with van der Waals surface area (Å²) in [6.07, 6.45) is 3.61. The van der Waals surface area contributed by atoms with Crippen LogP contribution in [0, 0.1) is 5.92 Å². The predicted molar refractivity (Wildman–Crippen MR) is 70.7 cm³/mol. The zero-order valence-electron chi connectivity index (χ0n) is 10.6. The number of aromatic nitrogens is 1.